The number of aromatic nitrogens is 2. The van der Waals surface area contributed by atoms with E-state index in [1.807, 2.05) is 29.1 Å². The Kier molecular flexibility index (Phi) is 4.57. The van der Waals surface area contributed by atoms with Crippen molar-refractivity contribution in [3.63, 3.8) is 0 Å². The Bertz CT molecular complexity index is 853. The molecule has 0 spiro atoms. The molecule has 5 heteroatoms. The van der Waals surface area contributed by atoms with Crippen LogP contribution in [0.25, 0.3) is 10.9 Å². The van der Waals surface area contributed by atoms with Gasteiger partial charge in [-0.05, 0) is 43.5 Å². The molecular formula is C20H23N3O2. The monoisotopic (exact) mass is 337 g/mol. The van der Waals surface area contributed by atoms with Gasteiger partial charge in [0.2, 0.25) is 0 Å². The summed E-state index contributed by atoms with van der Waals surface area (Å²) in [4.78, 5) is 0. The number of ether oxygens (including phenoxy) is 2. The molecule has 1 N–H and O–H groups in total. The van der Waals surface area contributed by atoms with Crippen LogP contribution in [0, 0.1) is 0 Å². The number of nitrogens with one attached hydrogen (secondary N) is 1. The van der Waals surface area contributed by atoms with Crippen LogP contribution in [0.4, 0.5) is 5.69 Å². The number of benzene rings is 2. The van der Waals surface area contributed by atoms with E-state index in [1.165, 1.54) is 6.42 Å². The van der Waals surface area contributed by atoms with Crippen molar-refractivity contribution in [3.05, 3.63) is 54.2 Å². The van der Waals surface area contributed by atoms with Crippen molar-refractivity contribution in [1.82, 2.24) is 9.78 Å². The van der Waals surface area contributed by atoms with Crippen molar-refractivity contribution >= 4 is 16.6 Å². The smallest absolute Gasteiger partial charge is 0.150 e. The van der Waals surface area contributed by atoms with Gasteiger partial charge in [0.25, 0.3) is 0 Å². The minimum atomic E-state index is 0.0682. The molecular weight excluding hydrogens is 314 g/mol. The van der Waals surface area contributed by atoms with Gasteiger partial charge in [-0.15, -0.1) is 0 Å². The highest BCUT2D eigenvalue weighted by Gasteiger charge is 2.18. The molecule has 1 aliphatic rings. The number of rotatable bonds is 5. The van der Waals surface area contributed by atoms with Gasteiger partial charge >= 0.3 is 0 Å². The average Bonchev–Trinajstić information content (AvgIpc) is 3.10. The Hall–Kier alpha value is -2.53. The summed E-state index contributed by atoms with van der Waals surface area (Å²) in [5, 5.41) is 9.14. The lowest BCUT2D eigenvalue weighted by molar-refractivity contribution is -0.0366. The van der Waals surface area contributed by atoms with Crippen LogP contribution in [0.5, 0.6) is 5.75 Å². The van der Waals surface area contributed by atoms with Crippen LogP contribution in [0.15, 0.2) is 48.7 Å². The Morgan fingerprint density at radius 1 is 1.24 bits per heavy atom. The van der Waals surface area contributed by atoms with Crippen molar-refractivity contribution in [2.75, 3.05) is 19.0 Å². The van der Waals surface area contributed by atoms with Gasteiger partial charge in [-0.3, -0.25) is 0 Å². The molecule has 2 aromatic carbocycles. The minimum Gasteiger partial charge on any atom is -0.496 e. The third kappa shape index (κ3) is 3.33. The first kappa shape index (κ1) is 16.0. The van der Waals surface area contributed by atoms with E-state index in [0.29, 0.717) is 0 Å². The molecule has 1 saturated heterocycles. The van der Waals surface area contributed by atoms with Gasteiger partial charge in [0.05, 0.1) is 18.8 Å². The lowest BCUT2D eigenvalue weighted by Crippen LogP contribution is -2.18. The zero-order chi connectivity index (χ0) is 17.1. The molecule has 0 amide bonds. The molecule has 4 rings (SSSR count). The molecule has 0 saturated carbocycles. The maximum atomic E-state index is 5.86. The van der Waals surface area contributed by atoms with Gasteiger partial charge in [-0.1, -0.05) is 18.2 Å². The van der Waals surface area contributed by atoms with Crippen LogP contribution in [-0.2, 0) is 11.3 Å². The summed E-state index contributed by atoms with van der Waals surface area (Å²) in [6.07, 6.45) is 5.36. The summed E-state index contributed by atoms with van der Waals surface area (Å²) >= 11 is 0. The summed E-state index contributed by atoms with van der Waals surface area (Å²) in [6, 6.07) is 14.4. The fraction of sp³-hybridized carbons (Fsp3) is 0.350. The zero-order valence-corrected chi connectivity index (χ0v) is 14.4. The van der Waals surface area contributed by atoms with Crippen LogP contribution in [-0.4, -0.2) is 23.5 Å². The Labute approximate surface area is 147 Å². The predicted octanol–water partition coefficient (Wildman–Crippen LogP) is 4.36. The van der Waals surface area contributed by atoms with E-state index in [4.69, 9.17) is 9.47 Å². The summed E-state index contributed by atoms with van der Waals surface area (Å²) < 4.78 is 13.3. The first-order chi connectivity index (χ1) is 12.3. The summed E-state index contributed by atoms with van der Waals surface area (Å²) in [5.74, 6) is 0.901. The molecule has 1 atom stereocenters. The van der Waals surface area contributed by atoms with Crippen LogP contribution in [0.3, 0.4) is 0 Å². The van der Waals surface area contributed by atoms with Gasteiger partial charge in [0.1, 0.15) is 5.75 Å². The van der Waals surface area contributed by atoms with E-state index in [9.17, 15) is 0 Å². The van der Waals surface area contributed by atoms with Crippen molar-refractivity contribution in [2.24, 2.45) is 0 Å². The van der Waals surface area contributed by atoms with Crippen molar-refractivity contribution < 1.29 is 9.47 Å². The van der Waals surface area contributed by atoms with Gasteiger partial charge in [0, 0.05) is 29.8 Å². The van der Waals surface area contributed by atoms with E-state index in [-0.39, 0.29) is 6.23 Å². The topological polar surface area (TPSA) is 48.3 Å². The molecule has 130 valence electrons. The second-order valence-corrected chi connectivity index (χ2v) is 6.35. The Morgan fingerprint density at radius 2 is 2.16 bits per heavy atom. The van der Waals surface area contributed by atoms with Crippen LogP contribution < -0.4 is 10.1 Å². The second-order valence-electron chi connectivity index (χ2n) is 6.35. The molecule has 1 aromatic heterocycles. The number of hydrogen-bond donors (Lipinski definition) is 1. The molecule has 1 unspecified atom stereocenters. The number of para-hydroxylation sites is 1. The Morgan fingerprint density at radius 3 is 3.00 bits per heavy atom. The maximum Gasteiger partial charge on any atom is 0.150 e. The van der Waals surface area contributed by atoms with Crippen molar-refractivity contribution in [3.8, 4) is 5.75 Å². The SMILES string of the molecule is COc1ccccc1CNc1ccc2c(cnn2C2CCCCO2)c1. The molecule has 2 heterocycles. The first-order valence-electron chi connectivity index (χ1n) is 8.80. The summed E-state index contributed by atoms with van der Waals surface area (Å²) in [7, 11) is 1.70. The maximum absolute atomic E-state index is 5.86. The lowest BCUT2D eigenvalue weighted by atomic mass is 10.1. The number of nitrogens with zero attached hydrogens (tertiary/aromatic N) is 2. The largest absolute Gasteiger partial charge is 0.496 e. The molecule has 3 aromatic rings. The van der Waals surface area contributed by atoms with E-state index >= 15 is 0 Å². The minimum absolute atomic E-state index is 0.0682. The predicted molar refractivity (Wildman–Crippen MR) is 98.9 cm³/mol. The van der Waals surface area contributed by atoms with Gasteiger partial charge in [0.15, 0.2) is 6.23 Å². The number of methoxy groups -OCH3 is 1. The van der Waals surface area contributed by atoms with Crippen molar-refractivity contribution in [1.29, 1.82) is 0 Å². The Balaban J connectivity index is 1.52. The highest BCUT2D eigenvalue weighted by atomic mass is 16.5. The summed E-state index contributed by atoms with van der Waals surface area (Å²) in [6.45, 7) is 1.54. The molecule has 0 radical (unpaired) electrons. The van der Waals surface area contributed by atoms with E-state index in [1.54, 1.807) is 7.11 Å². The fourth-order valence-corrected chi connectivity index (χ4v) is 3.36. The zero-order valence-electron chi connectivity index (χ0n) is 14.4. The van der Waals surface area contributed by atoms with E-state index < -0.39 is 0 Å². The average molecular weight is 337 g/mol. The first-order valence-corrected chi connectivity index (χ1v) is 8.80. The summed E-state index contributed by atoms with van der Waals surface area (Å²) in [5.41, 5.74) is 3.33. The standard InChI is InChI=1S/C20H23N3O2/c1-24-19-7-3-2-6-15(19)13-21-17-9-10-18-16(12-17)14-22-23(18)20-8-4-5-11-25-20/h2-3,6-7,9-10,12,14,20-21H,4-5,8,11,13H2,1H3. The second kappa shape index (κ2) is 7.15. The molecule has 25 heavy (non-hydrogen) atoms. The number of hydrogen-bond acceptors (Lipinski definition) is 4. The normalized spacial score (nSPS) is 17.6. The van der Waals surface area contributed by atoms with Gasteiger partial charge in [-0.2, -0.15) is 5.10 Å². The van der Waals surface area contributed by atoms with Crippen molar-refractivity contribution in [2.45, 2.75) is 32.0 Å². The fourth-order valence-electron chi connectivity index (χ4n) is 3.36. The van der Waals surface area contributed by atoms with E-state index in [0.717, 1.165) is 53.9 Å². The third-order valence-corrected chi connectivity index (χ3v) is 4.70. The molecule has 5 nitrogen and oxygen atoms in total. The lowest BCUT2D eigenvalue weighted by Gasteiger charge is -2.23. The van der Waals surface area contributed by atoms with Crippen LogP contribution in [0.1, 0.15) is 31.1 Å². The molecule has 0 bridgehead atoms. The van der Waals surface area contributed by atoms with Crippen LogP contribution in [0.2, 0.25) is 0 Å². The molecule has 0 aliphatic carbocycles. The van der Waals surface area contributed by atoms with E-state index in [2.05, 4.69) is 34.7 Å². The molecule has 1 fully saturated rings. The number of anilines is 1. The third-order valence-electron chi connectivity index (χ3n) is 4.70. The number of fused-ring (bicyclic) bond motifs is 1. The highest BCUT2D eigenvalue weighted by Crippen LogP contribution is 2.28. The molecule has 1 aliphatic heterocycles. The highest BCUT2D eigenvalue weighted by molar-refractivity contribution is 5.82. The quantitative estimate of drug-likeness (QED) is 0.752. The van der Waals surface area contributed by atoms with Gasteiger partial charge < -0.3 is 14.8 Å². The van der Waals surface area contributed by atoms with Crippen LogP contribution >= 0.6 is 0 Å². The van der Waals surface area contributed by atoms with Gasteiger partial charge in [-0.25, -0.2) is 4.68 Å².